The van der Waals surface area contributed by atoms with E-state index < -0.39 is 79.5 Å². The molecule has 3 heterocycles. The van der Waals surface area contributed by atoms with E-state index >= 15 is 0 Å². The first-order chi connectivity index (χ1) is 25.3. The molecule has 3 fully saturated rings. The maximum atomic E-state index is 14.5. The van der Waals surface area contributed by atoms with Gasteiger partial charge in [0.15, 0.2) is 5.78 Å². The predicted octanol–water partition coefficient (Wildman–Crippen LogP) is 4.60. The van der Waals surface area contributed by atoms with E-state index in [-0.39, 0.29) is 38.5 Å². The molecule has 0 radical (unpaired) electrons. The van der Waals surface area contributed by atoms with Crippen LogP contribution in [0.25, 0.3) is 0 Å². The van der Waals surface area contributed by atoms with Crippen molar-refractivity contribution in [3.8, 4) is 5.75 Å². The number of fused-ring (bicyclic) bond motifs is 3. The van der Waals surface area contributed by atoms with Crippen LogP contribution in [0.1, 0.15) is 97.6 Å². The summed E-state index contributed by atoms with van der Waals surface area (Å²) in [6.45, 7) is 12.0. The first kappa shape index (κ1) is 39.6. The molecule has 1 aromatic rings. The highest BCUT2D eigenvalue weighted by atomic mass is 32.2. The number of rotatable bonds is 7. The Labute approximate surface area is 317 Å². The molecule has 54 heavy (non-hydrogen) atoms. The van der Waals surface area contributed by atoms with Crippen LogP contribution in [-0.2, 0) is 47.0 Å². The minimum absolute atomic E-state index is 0.0256. The van der Waals surface area contributed by atoms with Crippen molar-refractivity contribution in [3.63, 3.8) is 0 Å². The molecule has 4 amide bonds. The number of amides is 4. The van der Waals surface area contributed by atoms with E-state index in [0.29, 0.717) is 51.0 Å². The largest absolute Gasteiger partial charge is 0.489 e. The highest BCUT2D eigenvalue weighted by molar-refractivity contribution is 7.90. The van der Waals surface area contributed by atoms with Gasteiger partial charge in [-0.05, 0) is 48.6 Å². The summed E-state index contributed by atoms with van der Waals surface area (Å²) in [7, 11) is -3.85. The molecule has 4 bridgehead atoms. The standard InChI is InChI=1S/C39H54N4O10S/c1-7-25-18-39(25,34(46)41-54(49,50)27-13-14-27)19-30(44)29-17-26-21-43(29)33(45)32(37(2,3)4)40-35(47)52-23-38(5,6)15-8-9-16-51-31-12-10-11-24-20-42(22-28(24)31)36(48)53-26/h8-12,25-27,29,32H,7,13-23H2,1-6H3,(H,40,47)(H,41,46)/b9-8+/t25-,26+,29?,32+,39-/m0/s1. The highest BCUT2D eigenvalue weighted by Gasteiger charge is 2.62. The van der Waals surface area contributed by atoms with Gasteiger partial charge in [0.05, 0.1) is 36.4 Å². The van der Waals surface area contributed by atoms with Crippen LogP contribution in [0.2, 0.25) is 0 Å². The van der Waals surface area contributed by atoms with Crippen molar-refractivity contribution in [2.75, 3.05) is 19.8 Å². The van der Waals surface area contributed by atoms with E-state index in [9.17, 15) is 32.4 Å². The Morgan fingerprint density at radius 3 is 2.46 bits per heavy atom. The third-order valence-corrected chi connectivity index (χ3v) is 13.2. The zero-order valence-electron chi connectivity index (χ0n) is 32.1. The van der Waals surface area contributed by atoms with Gasteiger partial charge >= 0.3 is 12.2 Å². The molecular weight excluding hydrogens is 717 g/mol. The summed E-state index contributed by atoms with van der Waals surface area (Å²) in [5, 5.41) is 2.13. The molecule has 3 aliphatic heterocycles. The number of carbonyl (C=O) groups excluding carboxylic acids is 5. The smallest absolute Gasteiger partial charge is 0.410 e. The number of ether oxygens (including phenoxy) is 3. The first-order valence-corrected chi connectivity index (χ1v) is 20.5. The monoisotopic (exact) mass is 770 g/mol. The van der Waals surface area contributed by atoms with Crippen molar-refractivity contribution in [3.05, 3.63) is 41.5 Å². The average molecular weight is 771 g/mol. The fourth-order valence-corrected chi connectivity index (χ4v) is 9.20. The molecule has 1 saturated heterocycles. The van der Waals surface area contributed by atoms with Gasteiger partial charge in [-0.2, -0.15) is 0 Å². The Kier molecular flexibility index (Phi) is 10.9. The fraction of sp³-hybridized carbons (Fsp3) is 0.667. The van der Waals surface area contributed by atoms with Gasteiger partial charge in [-0.15, -0.1) is 0 Å². The lowest BCUT2D eigenvalue weighted by molar-refractivity contribution is -0.142. The summed E-state index contributed by atoms with van der Waals surface area (Å²) in [5.41, 5.74) is -0.685. The number of ketones is 1. The van der Waals surface area contributed by atoms with Crippen LogP contribution in [0.4, 0.5) is 9.59 Å². The third-order valence-electron chi connectivity index (χ3n) is 11.4. The predicted molar refractivity (Wildman–Crippen MR) is 197 cm³/mol. The van der Waals surface area contributed by atoms with Crippen molar-refractivity contribution in [2.24, 2.45) is 22.2 Å². The average Bonchev–Trinajstić information content (AvgIpc) is 3.99. The SMILES string of the molecule is CC[C@H]1C[C@@]1(CC(=O)C1C[C@@H]2CN1C(=O)[C@H](C(C)(C)C)NC(=O)OCC(C)(C)C/C=C/COc1cccc3c1CN(C3)C(=O)O2)C(=O)NS(=O)(=O)C1CC1. The number of cyclic esters (lactones) is 1. The van der Waals surface area contributed by atoms with Gasteiger partial charge in [0.25, 0.3) is 0 Å². The molecule has 2 N–H and O–H groups in total. The van der Waals surface area contributed by atoms with Gasteiger partial charge in [0.1, 0.15) is 24.5 Å². The van der Waals surface area contributed by atoms with Gasteiger partial charge < -0.3 is 24.4 Å². The molecule has 0 aromatic heterocycles. The lowest BCUT2D eigenvalue weighted by Crippen LogP contribution is -2.57. The molecule has 6 rings (SSSR count). The zero-order valence-corrected chi connectivity index (χ0v) is 33.0. The second kappa shape index (κ2) is 14.8. The number of allylic oxidation sites excluding steroid dienone is 1. The topological polar surface area (TPSA) is 178 Å². The Morgan fingerprint density at radius 1 is 1.06 bits per heavy atom. The zero-order chi connectivity index (χ0) is 39.2. The number of hydrogen-bond acceptors (Lipinski definition) is 10. The lowest BCUT2D eigenvalue weighted by Gasteiger charge is -2.35. The number of nitrogens with one attached hydrogen (secondary N) is 2. The fourth-order valence-electron chi connectivity index (χ4n) is 7.82. The van der Waals surface area contributed by atoms with Crippen LogP contribution in [-0.4, -0.2) is 91.2 Å². The number of hydrogen-bond donors (Lipinski definition) is 2. The van der Waals surface area contributed by atoms with E-state index in [2.05, 4.69) is 10.0 Å². The maximum Gasteiger partial charge on any atom is 0.410 e. The number of alkyl carbamates (subject to hydrolysis) is 1. The summed E-state index contributed by atoms with van der Waals surface area (Å²) in [6, 6.07) is 3.44. The molecule has 5 aliphatic rings. The Bertz CT molecular complexity index is 1820. The summed E-state index contributed by atoms with van der Waals surface area (Å²) >= 11 is 0. The van der Waals surface area contributed by atoms with Crippen LogP contribution in [0.15, 0.2) is 30.4 Å². The van der Waals surface area contributed by atoms with E-state index in [1.807, 2.05) is 51.1 Å². The molecule has 0 spiro atoms. The minimum Gasteiger partial charge on any atom is -0.489 e. The van der Waals surface area contributed by atoms with Crippen molar-refractivity contribution >= 4 is 39.8 Å². The van der Waals surface area contributed by atoms with Crippen LogP contribution in [0.3, 0.4) is 0 Å². The van der Waals surface area contributed by atoms with E-state index in [1.54, 1.807) is 25.7 Å². The molecule has 1 unspecified atom stereocenters. The first-order valence-electron chi connectivity index (χ1n) is 19.0. The lowest BCUT2D eigenvalue weighted by atomic mass is 9.85. The summed E-state index contributed by atoms with van der Waals surface area (Å²) in [5.74, 6) is -1.24. The van der Waals surface area contributed by atoms with E-state index in [4.69, 9.17) is 14.2 Å². The molecule has 296 valence electrons. The van der Waals surface area contributed by atoms with Gasteiger partial charge in [-0.25, -0.2) is 18.0 Å². The maximum absolute atomic E-state index is 14.5. The van der Waals surface area contributed by atoms with E-state index in [1.165, 1.54) is 4.90 Å². The summed E-state index contributed by atoms with van der Waals surface area (Å²) < 4.78 is 45.4. The van der Waals surface area contributed by atoms with Crippen LogP contribution < -0.4 is 14.8 Å². The van der Waals surface area contributed by atoms with Crippen molar-refractivity contribution < 1.29 is 46.6 Å². The number of carbonyl (C=O) groups is 5. The number of Topliss-reactive ketones (excluding diaryl/α,β-unsaturated/α-hetero) is 1. The highest BCUT2D eigenvalue weighted by Crippen LogP contribution is 2.58. The number of benzene rings is 1. The minimum atomic E-state index is -3.85. The van der Waals surface area contributed by atoms with Gasteiger partial charge in [-0.1, -0.05) is 72.2 Å². The molecule has 5 atom stereocenters. The molecule has 1 aromatic carbocycles. The molecule has 15 heteroatoms. The van der Waals surface area contributed by atoms with Crippen molar-refractivity contribution in [1.29, 1.82) is 0 Å². The molecular formula is C39H54N4O10S. The normalized spacial score (nSPS) is 29.6. The summed E-state index contributed by atoms with van der Waals surface area (Å²) in [6.07, 6.45) is 3.73. The summed E-state index contributed by atoms with van der Waals surface area (Å²) in [4.78, 5) is 72.3. The Balaban J connectivity index is 1.28. The molecule has 2 aliphatic carbocycles. The number of nitrogens with zero attached hydrogens (tertiary/aromatic N) is 2. The van der Waals surface area contributed by atoms with Crippen LogP contribution >= 0.6 is 0 Å². The van der Waals surface area contributed by atoms with Gasteiger partial charge in [0, 0.05) is 30.4 Å². The van der Waals surface area contributed by atoms with Crippen molar-refractivity contribution in [1.82, 2.24) is 19.8 Å². The van der Waals surface area contributed by atoms with Crippen LogP contribution in [0, 0.1) is 22.2 Å². The van der Waals surface area contributed by atoms with Crippen molar-refractivity contribution in [2.45, 2.75) is 123 Å². The van der Waals surface area contributed by atoms with Gasteiger partial charge in [-0.3, -0.25) is 24.0 Å². The molecule has 14 nitrogen and oxygen atoms in total. The van der Waals surface area contributed by atoms with Gasteiger partial charge in [0.2, 0.25) is 21.8 Å². The van der Waals surface area contributed by atoms with E-state index in [0.717, 1.165) is 11.1 Å². The number of sulfonamides is 1. The third kappa shape index (κ3) is 8.55. The van der Waals surface area contributed by atoms with Crippen LogP contribution in [0.5, 0.6) is 5.75 Å². The quantitative estimate of drug-likeness (QED) is 0.373. The second-order valence-corrected chi connectivity index (χ2v) is 19.4. The Hall–Kier alpha value is -4.14. The molecule has 2 saturated carbocycles. The Morgan fingerprint density at radius 2 is 1.80 bits per heavy atom. The second-order valence-electron chi connectivity index (χ2n) is 17.5.